The molecule has 2 heterocycles. The van der Waals surface area contributed by atoms with Gasteiger partial charge in [-0.15, -0.1) is 0 Å². The molecule has 1 fully saturated rings. The highest BCUT2D eigenvalue weighted by Gasteiger charge is 2.35. The molecule has 4 rings (SSSR count). The van der Waals surface area contributed by atoms with Crippen molar-refractivity contribution in [2.45, 2.75) is 25.0 Å². The van der Waals surface area contributed by atoms with Crippen LogP contribution in [0.1, 0.15) is 24.0 Å². The molecule has 2 aromatic rings. The lowest BCUT2D eigenvalue weighted by molar-refractivity contribution is -0.0820. The summed E-state index contributed by atoms with van der Waals surface area (Å²) in [6, 6.07) is 12.6. The van der Waals surface area contributed by atoms with Gasteiger partial charge in [-0.25, -0.2) is 4.39 Å². The SMILES string of the molecule is Fc1ccc(C2(OCc3ccc4c(c3)OCCO4)CCNCC2)cc1. The average Bonchev–Trinajstić information content (AvgIpc) is 2.67. The number of rotatable bonds is 4. The quantitative estimate of drug-likeness (QED) is 0.924. The predicted octanol–water partition coefficient (Wildman–Crippen LogP) is 3.39. The first kappa shape index (κ1) is 16.4. The van der Waals surface area contributed by atoms with Crippen LogP contribution in [0.25, 0.3) is 0 Å². The molecule has 0 atom stereocenters. The van der Waals surface area contributed by atoms with E-state index >= 15 is 0 Å². The summed E-state index contributed by atoms with van der Waals surface area (Å²) < 4.78 is 30.9. The fraction of sp³-hybridized carbons (Fsp3) is 0.400. The third-order valence-electron chi connectivity index (χ3n) is 4.90. The normalized spacial score (nSPS) is 18.8. The molecule has 0 saturated carbocycles. The molecular weight excluding hydrogens is 321 g/mol. The van der Waals surface area contributed by atoms with E-state index in [1.54, 1.807) is 0 Å². The standard InChI is InChI=1S/C20H22FNO3/c21-17-4-2-16(3-5-17)20(7-9-22-10-8-20)25-14-15-1-6-18-19(13-15)24-12-11-23-18/h1-6,13,22H,7-12,14H2. The van der Waals surface area contributed by atoms with Gasteiger partial charge in [-0.1, -0.05) is 18.2 Å². The van der Waals surface area contributed by atoms with E-state index in [0.29, 0.717) is 19.8 Å². The van der Waals surface area contributed by atoms with Crippen molar-refractivity contribution in [2.24, 2.45) is 0 Å². The summed E-state index contributed by atoms with van der Waals surface area (Å²) in [5.41, 5.74) is 1.70. The summed E-state index contributed by atoms with van der Waals surface area (Å²) in [5.74, 6) is 1.33. The Morgan fingerprint density at radius 3 is 2.44 bits per heavy atom. The number of ether oxygens (including phenoxy) is 3. The van der Waals surface area contributed by atoms with Gasteiger partial charge in [0.25, 0.3) is 0 Å². The van der Waals surface area contributed by atoms with Crippen LogP contribution in [-0.2, 0) is 16.9 Å². The summed E-state index contributed by atoms with van der Waals surface area (Å²) in [4.78, 5) is 0. The zero-order chi connectivity index (χ0) is 17.1. The topological polar surface area (TPSA) is 39.7 Å². The van der Waals surface area contributed by atoms with Crippen molar-refractivity contribution >= 4 is 0 Å². The molecule has 5 heteroatoms. The second-order valence-electron chi connectivity index (χ2n) is 6.52. The fourth-order valence-electron chi connectivity index (χ4n) is 3.50. The van der Waals surface area contributed by atoms with E-state index in [4.69, 9.17) is 14.2 Å². The minimum atomic E-state index is -0.383. The first-order valence-corrected chi connectivity index (χ1v) is 8.74. The molecule has 0 amide bonds. The lowest BCUT2D eigenvalue weighted by Gasteiger charge is -2.38. The zero-order valence-corrected chi connectivity index (χ0v) is 14.1. The predicted molar refractivity (Wildman–Crippen MR) is 92.4 cm³/mol. The Kier molecular flexibility index (Phi) is 4.59. The molecule has 2 aliphatic rings. The monoisotopic (exact) mass is 343 g/mol. The van der Waals surface area contributed by atoms with Gasteiger partial charge < -0.3 is 19.5 Å². The molecule has 25 heavy (non-hydrogen) atoms. The molecule has 132 valence electrons. The van der Waals surface area contributed by atoms with Crippen molar-refractivity contribution in [3.8, 4) is 11.5 Å². The Bertz CT molecular complexity index is 726. The largest absolute Gasteiger partial charge is 0.486 e. The molecule has 1 saturated heterocycles. The number of nitrogens with one attached hydrogen (secondary N) is 1. The van der Waals surface area contributed by atoms with E-state index in [1.165, 1.54) is 12.1 Å². The maximum absolute atomic E-state index is 13.3. The van der Waals surface area contributed by atoms with Crippen LogP contribution in [0.5, 0.6) is 11.5 Å². The van der Waals surface area contributed by atoms with Crippen LogP contribution in [0, 0.1) is 5.82 Å². The van der Waals surface area contributed by atoms with E-state index in [9.17, 15) is 4.39 Å². The van der Waals surface area contributed by atoms with Crippen molar-refractivity contribution < 1.29 is 18.6 Å². The summed E-state index contributed by atoms with van der Waals surface area (Å²) in [6.07, 6.45) is 1.73. The molecule has 0 spiro atoms. The molecule has 0 aromatic heterocycles. The van der Waals surface area contributed by atoms with Gasteiger partial charge in [0, 0.05) is 0 Å². The van der Waals surface area contributed by atoms with Crippen molar-refractivity contribution in [3.63, 3.8) is 0 Å². The van der Waals surface area contributed by atoms with Crippen LogP contribution in [-0.4, -0.2) is 26.3 Å². The van der Waals surface area contributed by atoms with Crippen molar-refractivity contribution in [1.82, 2.24) is 5.32 Å². The highest BCUT2D eigenvalue weighted by atomic mass is 19.1. The van der Waals surface area contributed by atoms with E-state index in [0.717, 1.165) is 48.6 Å². The fourth-order valence-corrected chi connectivity index (χ4v) is 3.50. The minimum absolute atomic E-state index is 0.223. The molecule has 4 nitrogen and oxygen atoms in total. The summed E-state index contributed by atoms with van der Waals surface area (Å²) in [7, 11) is 0. The van der Waals surface area contributed by atoms with Crippen LogP contribution < -0.4 is 14.8 Å². The van der Waals surface area contributed by atoms with E-state index in [-0.39, 0.29) is 11.4 Å². The molecule has 0 bridgehead atoms. The third-order valence-corrected chi connectivity index (χ3v) is 4.90. The van der Waals surface area contributed by atoms with Gasteiger partial charge in [0.1, 0.15) is 19.0 Å². The number of hydrogen-bond acceptors (Lipinski definition) is 4. The molecule has 1 N–H and O–H groups in total. The van der Waals surface area contributed by atoms with Crippen molar-refractivity contribution in [2.75, 3.05) is 26.3 Å². The Hall–Kier alpha value is -2.11. The molecule has 0 radical (unpaired) electrons. The second kappa shape index (κ2) is 7.02. The number of benzene rings is 2. The molecular formula is C20H22FNO3. The lowest BCUT2D eigenvalue weighted by Crippen LogP contribution is -2.41. The number of hydrogen-bond donors (Lipinski definition) is 1. The van der Waals surface area contributed by atoms with Crippen molar-refractivity contribution in [3.05, 3.63) is 59.4 Å². The molecule has 2 aliphatic heterocycles. The smallest absolute Gasteiger partial charge is 0.161 e. The molecule has 0 unspecified atom stereocenters. The number of halogens is 1. The zero-order valence-electron chi connectivity index (χ0n) is 14.1. The summed E-state index contributed by atoms with van der Waals surface area (Å²) in [5, 5.41) is 3.37. The van der Waals surface area contributed by atoms with Crippen molar-refractivity contribution in [1.29, 1.82) is 0 Å². The van der Waals surface area contributed by atoms with Crippen LogP contribution in [0.4, 0.5) is 4.39 Å². The number of fused-ring (bicyclic) bond motifs is 1. The van der Waals surface area contributed by atoms with Gasteiger partial charge in [0.15, 0.2) is 11.5 Å². The lowest BCUT2D eigenvalue weighted by atomic mass is 9.84. The first-order chi connectivity index (χ1) is 12.3. The van der Waals surface area contributed by atoms with Gasteiger partial charge in [-0.05, 0) is 61.3 Å². The Labute approximate surface area is 146 Å². The number of piperidine rings is 1. The van der Waals surface area contributed by atoms with E-state index in [2.05, 4.69) is 5.32 Å². The minimum Gasteiger partial charge on any atom is -0.486 e. The summed E-state index contributed by atoms with van der Waals surface area (Å²) in [6.45, 7) is 3.41. The van der Waals surface area contributed by atoms with Gasteiger partial charge in [0.2, 0.25) is 0 Å². The Morgan fingerprint density at radius 2 is 1.68 bits per heavy atom. The van der Waals surface area contributed by atoms with E-state index in [1.807, 2.05) is 30.3 Å². The Balaban J connectivity index is 1.54. The third kappa shape index (κ3) is 3.48. The van der Waals surface area contributed by atoms with Gasteiger partial charge in [0.05, 0.1) is 12.2 Å². The molecule has 0 aliphatic carbocycles. The van der Waals surface area contributed by atoms with Crippen LogP contribution in [0.15, 0.2) is 42.5 Å². The maximum Gasteiger partial charge on any atom is 0.161 e. The van der Waals surface area contributed by atoms with Gasteiger partial charge in [-0.2, -0.15) is 0 Å². The summed E-state index contributed by atoms with van der Waals surface area (Å²) >= 11 is 0. The maximum atomic E-state index is 13.3. The molecule has 2 aromatic carbocycles. The average molecular weight is 343 g/mol. The van der Waals surface area contributed by atoms with E-state index < -0.39 is 0 Å². The highest BCUT2D eigenvalue weighted by Crippen LogP contribution is 2.37. The van der Waals surface area contributed by atoms with Crippen LogP contribution >= 0.6 is 0 Å². The van der Waals surface area contributed by atoms with Crippen LogP contribution in [0.2, 0.25) is 0 Å². The Morgan fingerprint density at radius 1 is 0.960 bits per heavy atom. The van der Waals surface area contributed by atoms with Gasteiger partial charge in [-0.3, -0.25) is 0 Å². The second-order valence-corrected chi connectivity index (χ2v) is 6.52. The highest BCUT2D eigenvalue weighted by molar-refractivity contribution is 5.43. The van der Waals surface area contributed by atoms with Gasteiger partial charge >= 0.3 is 0 Å². The van der Waals surface area contributed by atoms with Crippen LogP contribution in [0.3, 0.4) is 0 Å². The first-order valence-electron chi connectivity index (χ1n) is 8.74.